The molecule has 0 bridgehead atoms. The van der Waals surface area contributed by atoms with Crippen LogP contribution in [0.3, 0.4) is 0 Å². The van der Waals surface area contributed by atoms with Gasteiger partial charge in [-0.05, 0) is 6.20 Å². The van der Waals surface area contributed by atoms with Crippen LogP contribution in [0.1, 0.15) is 0 Å². The van der Waals surface area contributed by atoms with E-state index in [1.54, 1.807) is 22.7 Å². The monoisotopic (exact) mass is 129 g/mol. The molecule has 1 heterocycles. The second-order valence-corrected chi connectivity index (χ2v) is 2.78. The minimum absolute atomic E-state index is 0.573. The lowest BCUT2D eigenvalue weighted by Crippen LogP contribution is -2.06. The van der Waals surface area contributed by atoms with Crippen molar-refractivity contribution < 1.29 is 4.21 Å². The molecule has 1 aliphatic rings. The smallest absolute Gasteiger partial charge is 0.102 e. The van der Waals surface area contributed by atoms with Gasteiger partial charge >= 0.3 is 0 Å². The van der Waals surface area contributed by atoms with Crippen LogP contribution in [0.5, 0.6) is 0 Å². The quantitative estimate of drug-likeness (QED) is 0.517. The maximum atomic E-state index is 10.5. The summed E-state index contributed by atoms with van der Waals surface area (Å²) in [6, 6.07) is 0. The van der Waals surface area contributed by atoms with Gasteiger partial charge in [-0.25, -0.2) is 0 Å². The molecule has 0 saturated carbocycles. The van der Waals surface area contributed by atoms with E-state index in [2.05, 4.69) is 6.58 Å². The fourth-order valence-corrected chi connectivity index (χ4v) is 1.36. The van der Waals surface area contributed by atoms with E-state index in [1.165, 1.54) is 0 Å². The number of nitrogens with zero attached hydrogens (tertiary/aromatic N) is 1. The molecule has 0 aromatic rings. The Balaban J connectivity index is 2.58. The van der Waals surface area contributed by atoms with Crippen molar-refractivity contribution in [1.82, 2.24) is 4.90 Å². The lowest BCUT2D eigenvalue weighted by molar-refractivity contribution is 0.600. The van der Waals surface area contributed by atoms with E-state index in [4.69, 9.17) is 0 Å². The molecule has 0 fully saturated rings. The average molecular weight is 129 g/mol. The predicted molar refractivity (Wildman–Crippen MR) is 34.2 cm³/mol. The third-order valence-electron chi connectivity index (χ3n) is 0.915. The van der Waals surface area contributed by atoms with Crippen LogP contribution >= 0.6 is 0 Å². The minimum atomic E-state index is -0.779. The third-order valence-corrected chi connectivity index (χ3v) is 1.89. The molecule has 44 valence electrons. The molecule has 3 heteroatoms. The Hall–Kier alpha value is -0.570. The molecule has 0 radical (unpaired) electrons. The lowest BCUT2D eigenvalue weighted by atomic mass is 10.8. The first-order chi connectivity index (χ1) is 3.83. The van der Waals surface area contributed by atoms with Crippen LogP contribution in [0.4, 0.5) is 0 Å². The highest BCUT2D eigenvalue weighted by Crippen LogP contribution is 2.03. The van der Waals surface area contributed by atoms with Gasteiger partial charge in [-0.3, -0.25) is 4.21 Å². The van der Waals surface area contributed by atoms with Crippen LogP contribution in [-0.2, 0) is 10.8 Å². The highest BCUT2D eigenvalue weighted by Gasteiger charge is 2.04. The van der Waals surface area contributed by atoms with Crippen molar-refractivity contribution in [3.8, 4) is 0 Å². The van der Waals surface area contributed by atoms with Crippen LogP contribution in [0.25, 0.3) is 0 Å². The zero-order valence-electron chi connectivity index (χ0n) is 4.41. The molecule has 0 N–H and O–H groups in total. The van der Waals surface area contributed by atoms with Crippen LogP contribution in [-0.4, -0.2) is 15.0 Å². The molecule has 8 heavy (non-hydrogen) atoms. The summed E-state index contributed by atoms with van der Waals surface area (Å²) in [4.78, 5) is 1.79. The van der Waals surface area contributed by atoms with E-state index in [-0.39, 0.29) is 0 Å². The van der Waals surface area contributed by atoms with Crippen LogP contribution < -0.4 is 0 Å². The Kier molecular flexibility index (Phi) is 1.48. The van der Waals surface area contributed by atoms with Gasteiger partial charge in [0.2, 0.25) is 0 Å². The highest BCUT2D eigenvalue weighted by molar-refractivity contribution is 7.88. The summed E-state index contributed by atoms with van der Waals surface area (Å²) in [5, 5.41) is 1.65. The van der Waals surface area contributed by atoms with Gasteiger partial charge in [-0.2, -0.15) is 0 Å². The topological polar surface area (TPSA) is 20.3 Å². The zero-order valence-corrected chi connectivity index (χ0v) is 5.23. The van der Waals surface area contributed by atoms with Crippen molar-refractivity contribution in [1.29, 1.82) is 0 Å². The van der Waals surface area contributed by atoms with E-state index in [9.17, 15) is 4.21 Å². The molecule has 1 aliphatic heterocycles. The first-order valence-electron chi connectivity index (χ1n) is 2.27. The maximum absolute atomic E-state index is 10.5. The Labute approximate surface area is 50.9 Å². The highest BCUT2D eigenvalue weighted by atomic mass is 32.2. The molecule has 1 unspecified atom stereocenters. The van der Waals surface area contributed by atoms with Crippen molar-refractivity contribution in [3.63, 3.8) is 0 Å². The summed E-state index contributed by atoms with van der Waals surface area (Å²) < 4.78 is 10.5. The lowest BCUT2D eigenvalue weighted by Gasteiger charge is -2.03. The standard InChI is InChI=1S/C5H7NOS/c1-2-6-3-4-8(7)5-6/h2-4H,1,5H2. The van der Waals surface area contributed by atoms with E-state index < -0.39 is 10.8 Å². The van der Waals surface area contributed by atoms with Gasteiger partial charge in [0.05, 0.1) is 10.8 Å². The van der Waals surface area contributed by atoms with Gasteiger partial charge < -0.3 is 4.90 Å². The molecule has 1 atom stereocenters. The second-order valence-electron chi connectivity index (χ2n) is 1.49. The molecule has 1 rings (SSSR count). The van der Waals surface area contributed by atoms with E-state index in [0.717, 1.165) is 0 Å². The van der Waals surface area contributed by atoms with Crippen LogP contribution in [0.15, 0.2) is 24.4 Å². The predicted octanol–water partition coefficient (Wildman–Crippen LogP) is 0.623. The normalized spacial score (nSPS) is 26.5. The largest absolute Gasteiger partial charge is 0.342 e. The summed E-state index contributed by atoms with van der Waals surface area (Å²) >= 11 is 0. The number of hydrogen-bond donors (Lipinski definition) is 0. The van der Waals surface area contributed by atoms with Gasteiger partial charge in [-0.15, -0.1) is 0 Å². The summed E-state index contributed by atoms with van der Waals surface area (Å²) in [5.41, 5.74) is 0. The van der Waals surface area contributed by atoms with Crippen molar-refractivity contribution in [2.24, 2.45) is 0 Å². The first kappa shape index (κ1) is 5.56. The number of rotatable bonds is 1. The van der Waals surface area contributed by atoms with Crippen molar-refractivity contribution >= 4 is 10.8 Å². The molecule has 2 nitrogen and oxygen atoms in total. The molecular weight excluding hydrogens is 122 g/mol. The molecule has 0 aromatic carbocycles. The maximum Gasteiger partial charge on any atom is 0.102 e. The molecular formula is C5H7NOS. The summed E-state index contributed by atoms with van der Waals surface area (Å²) in [5.74, 6) is 0.573. The van der Waals surface area contributed by atoms with Gasteiger partial charge in [0.1, 0.15) is 5.88 Å². The van der Waals surface area contributed by atoms with Gasteiger partial charge in [0.15, 0.2) is 0 Å². The fourth-order valence-electron chi connectivity index (χ4n) is 0.493. The Bertz CT molecular complexity index is 153. The first-order valence-corrected chi connectivity index (χ1v) is 3.65. The van der Waals surface area contributed by atoms with E-state index in [1.807, 2.05) is 0 Å². The summed E-state index contributed by atoms with van der Waals surface area (Å²) in [7, 11) is -0.779. The number of hydrogen-bond acceptors (Lipinski definition) is 2. The van der Waals surface area contributed by atoms with Gasteiger partial charge in [-0.1, -0.05) is 6.58 Å². The van der Waals surface area contributed by atoms with Crippen molar-refractivity contribution in [2.75, 3.05) is 5.88 Å². The van der Waals surface area contributed by atoms with Crippen molar-refractivity contribution in [3.05, 3.63) is 24.4 Å². The summed E-state index contributed by atoms with van der Waals surface area (Å²) in [6.45, 7) is 3.52. The molecule has 0 amide bonds. The molecule has 0 aliphatic carbocycles. The fraction of sp³-hybridized carbons (Fsp3) is 0.200. The molecule has 0 spiro atoms. The second kappa shape index (κ2) is 2.13. The Morgan fingerprint density at radius 1 is 1.88 bits per heavy atom. The third kappa shape index (κ3) is 0.980. The van der Waals surface area contributed by atoms with Crippen LogP contribution in [0.2, 0.25) is 0 Å². The van der Waals surface area contributed by atoms with Crippen LogP contribution in [0, 0.1) is 0 Å². The van der Waals surface area contributed by atoms with Gasteiger partial charge in [0, 0.05) is 11.6 Å². The average Bonchev–Trinajstić information content (AvgIpc) is 2.14. The minimum Gasteiger partial charge on any atom is -0.342 e. The Morgan fingerprint density at radius 3 is 2.88 bits per heavy atom. The molecule has 0 saturated heterocycles. The molecule has 0 aromatic heterocycles. The van der Waals surface area contributed by atoms with Gasteiger partial charge in [0.25, 0.3) is 0 Å². The van der Waals surface area contributed by atoms with E-state index in [0.29, 0.717) is 5.88 Å². The zero-order chi connectivity index (χ0) is 5.98. The Morgan fingerprint density at radius 2 is 2.62 bits per heavy atom. The summed E-state index contributed by atoms with van der Waals surface area (Å²) in [6.07, 6.45) is 3.42. The SMILES string of the molecule is C=CN1C=CS(=O)C1. The van der Waals surface area contributed by atoms with Crippen molar-refractivity contribution in [2.45, 2.75) is 0 Å². The van der Waals surface area contributed by atoms with E-state index >= 15 is 0 Å².